The van der Waals surface area contributed by atoms with Gasteiger partial charge in [0.15, 0.2) is 0 Å². The molecule has 1 aromatic heterocycles. The number of nitrogens with zero attached hydrogens (tertiary/aromatic N) is 3. The maximum atomic E-state index is 12.1. The molecule has 0 saturated carbocycles. The van der Waals surface area contributed by atoms with Crippen molar-refractivity contribution in [3.63, 3.8) is 0 Å². The van der Waals surface area contributed by atoms with E-state index in [9.17, 15) is 8.42 Å². The normalized spacial score (nSPS) is 13.0. The summed E-state index contributed by atoms with van der Waals surface area (Å²) in [6, 6.07) is 9.40. The Morgan fingerprint density at radius 1 is 1.32 bits per heavy atom. The lowest BCUT2D eigenvalue weighted by molar-refractivity contribution is 0.117. The van der Waals surface area contributed by atoms with E-state index in [1.807, 2.05) is 37.3 Å². The highest BCUT2D eigenvalue weighted by atomic mass is 32.2. The average molecular weight is 324 g/mol. The van der Waals surface area contributed by atoms with E-state index in [-0.39, 0.29) is 17.8 Å². The Morgan fingerprint density at radius 2 is 2.00 bits per heavy atom. The summed E-state index contributed by atoms with van der Waals surface area (Å²) in [6.45, 7) is 3.64. The summed E-state index contributed by atoms with van der Waals surface area (Å²) in [6.07, 6.45) is 0.261. The van der Waals surface area contributed by atoms with Gasteiger partial charge in [-0.1, -0.05) is 25.1 Å². The summed E-state index contributed by atoms with van der Waals surface area (Å²) in [5.41, 5.74) is 0.821. The van der Waals surface area contributed by atoms with Crippen LogP contribution in [0.25, 0.3) is 5.69 Å². The lowest BCUT2D eigenvalue weighted by atomic mass is 10.3. The largest absolute Gasteiger partial charge is 0.380 e. The van der Waals surface area contributed by atoms with Crippen molar-refractivity contribution in [1.29, 1.82) is 0 Å². The fraction of sp³-hybridized carbons (Fsp3) is 0.429. The number of para-hydroxylation sites is 1. The topological polar surface area (TPSA) is 86.1 Å². The third-order valence-electron chi connectivity index (χ3n) is 3.21. The van der Waals surface area contributed by atoms with Gasteiger partial charge in [-0.15, -0.1) is 5.10 Å². The summed E-state index contributed by atoms with van der Waals surface area (Å²) < 4.78 is 33.3. The molecule has 0 aliphatic rings. The van der Waals surface area contributed by atoms with Gasteiger partial charge in [-0.05, 0) is 25.5 Å². The van der Waals surface area contributed by atoms with Gasteiger partial charge in [0.2, 0.25) is 10.0 Å². The minimum Gasteiger partial charge on any atom is -0.380 e. The zero-order valence-electron chi connectivity index (χ0n) is 12.9. The van der Waals surface area contributed by atoms with E-state index in [0.717, 1.165) is 5.69 Å². The maximum Gasteiger partial charge on any atom is 0.256 e. The smallest absolute Gasteiger partial charge is 0.256 e. The number of nitrogens with one attached hydrogen (secondary N) is 1. The number of aromatic nitrogens is 3. The Kier molecular flexibility index (Phi) is 5.15. The molecular weight excluding hydrogens is 304 g/mol. The molecule has 1 atom stereocenters. The first-order valence-corrected chi connectivity index (χ1v) is 8.62. The van der Waals surface area contributed by atoms with Crippen LogP contribution in [0.4, 0.5) is 5.95 Å². The van der Waals surface area contributed by atoms with E-state index in [2.05, 4.69) is 14.8 Å². The molecule has 22 heavy (non-hydrogen) atoms. The Labute approximate surface area is 130 Å². The third-order valence-corrected chi connectivity index (χ3v) is 4.51. The fourth-order valence-corrected chi connectivity index (χ4v) is 3.33. The molecule has 2 rings (SSSR count). The van der Waals surface area contributed by atoms with Crippen LogP contribution < -0.4 is 4.72 Å². The molecule has 8 heteroatoms. The van der Waals surface area contributed by atoms with Crippen molar-refractivity contribution < 1.29 is 13.2 Å². The average Bonchev–Trinajstić information content (AvgIpc) is 2.85. The number of methoxy groups -OCH3 is 1. The minimum atomic E-state index is -3.56. The number of benzene rings is 1. The van der Waals surface area contributed by atoms with Gasteiger partial charge >= 0.3 is 0 Å². The highest BCUT2D eigenvalue weighted by Gasteiger charge is 2.20. The van der Waals surface area contributed by atoms with Gasteiger partial charge in [0.25, 0.3) is 5.95 Å². The number of rotatable bonds is 7. The van der Waals surface area contributed by atoms with Gasteiger partial charge in [0, 0.05) is 7.11 Å². The van der Waals surface area contributed by atoms with Crippen LogP contribution in [0.1, 0.15) is 19.2 Å². The molecule has 0 saturated heterocycles. The van der Waals surface area contributed by atoms with E-state index in [1.165, 1.54) is 7.11 Å². The van der Waals surface area contributed by atoms with Gasteiger partial charge in [-0.2, -0.15) is 4.98 Å². The minimum absolute atomic E-state index is 0.0623. The van der Waals surface area contributed by atoms with Crippen LogP contribution >= 0.6 is 0 Å². The molecule has 0 amide bonds. The van der Waals surface area contributed by atoms with Gasteiger partial charge in [-0.3, -0.25) is 0 Å². The molecule has 120 valence electrons. The van der Waals surface area contributed by atoms with E-state index in [1.54, 1.807) is 11.6 Å². The summed E-state index contributed by atoms with van der Waals surface area (Å²) in [4.78, 5) is 4.15. The van der Waals surface area contributed by atoms with Crippen molar-refractivity contribution in [2.45, 2.75) is 26.4 Å². The standard InChI is InChI=1S/C14H20N4O3S/c1-4-13(21-3)10-22(19,20)17-14-15-11(2)18(16-14)12-8-6-5-7-9-12/h5-9,13H,4,10H2,1-3H3,(H,16,17). The van der Waals surface area contributed by atoms with E-state index < -0.39 is 10.0 Å². The molecule has 0 aliphatic carbocycles. The van der Waals surface area contributed by atoms with Crippen molar-refractivity contribution in [2.75, 3.05) is 17.6 Å². The second-order valence-corrected chi connectivity index (χ2v) is 6.65. The quantitative estimate of drug-likeness (QED) is 0.838. The van der Waals surface area contributed by atoms with Crippen molar-refractivity contribution in [3.8, 4) is 5.69 Å². The molecular formula is C14H20N4O3S. The van der Waals surface area contributed by atoms with Crippen LogP contribution in [0.3, 0.4) is 0 Å². The predicted octanol–water partition coefficient (Wildman–Crippen LogP) is 1.74. The zero-order chi connectivity index (χ0) is 16.2. The lowest BCUT2D eigenvalue weighted by Gasteiger charge is -2.12. The number of hydrogen-bond donors (Lipinski definition) is 1. The van der Waals surface area contributed by atoms with Gasteiger partial charge < -0.3 is 4.74 Å². The SMILES string of the molecule is CCC(CS(=O)(=O)Nc1nc(C)n(-c2ccccc2)n1)OC. The van der Waals surface area contributed by atoms with Crippen molar-refractivity contribution in [2.24, 2.45) is 0 Å². The summed E-state index contributed by atoms with van der Waals surface area (Å²) >= 11 is 0. The highest BCUT2D eigenvalue weighted by molar-refractivity contribution is 7.92. The third kappa shape index (κ3) is 4.05. The highest BCUT2D eigenvalue weighted by Crippen LogP contribution is 2.13. The molecule has 1 aromatic carbocycles. The van der Waals surface area contributed by atoms with Gasteiger partial charge in [-0.25, -0.2) is 17.8 Å². The number of sulfonamides is 1. The van der Waals surface area contributed by atoms with Crippen LogP contribution in [0.15, 0.2) is 30.3 Å². The predicted molar refractivity (Wildman–Crippen MR) is 84.6 cm³/mol. The first kappa shape index (κ1) is 16.4. The molecule has 0 spiro atoms. The van der Waals surface area contributed by atoms with Crippen LogP contribution in [-0.4, -0.2) is 42.1 Å². The van der Waals surface area contributed by atoms with Crippen LogP contribution in [0, 0.1) is 6.92 Å². The van der Waals surface area contributed by atoms with Gasteiger partial charge in [0.1, 0.15) is 5.82 Å². The number of anilines is 1. The maximum absolute atomic E-state index is 12.1. The van der Waals surface area contributed by atoms with E-state index >= 15 is 0 Å². The van der Waals surface area contributed by atoms with E-state index in [0.29, 0.717) is 12.2 Å². The molecule has 0 bridgehead atoms. The molecule has 0 radical (unpaired) electrons. The zero-order valence-corrected chi connectivity index (χ0v) is 13.7. The van der Waals surface area contributed by atoms with Crippen molar-refractivity contribution in [1.82, 2.24) is 14.8 Å². The number of hydrogen-bond acceptors (Lipinski definition) is 5. The van der Waals surface area contributed by atoms with Crippen LogP contribution in [-0.2, 0) is 14.8 Å². The van der Waals surface area contributed by atoms with Crippen molar-refractivity contribution in [3.05, 3.63) is 36.2 Å². The lowest BCUT2D eigenvalue weighted by Crippen LogP contribution is -2.27. The number of aryl methyl sites for hydroxylation is 1. The second-order valence-electron chi connectivity index (χ2n) is 4.88. The van der Waals surface area contributed by atoms with E-state index in [4.69, 9.17) is 4.74 Å². The summed E-state index contributed by atoms with van der Waals surface area (Å²) in [5, 5.41) is 4.20. The first-order chi connectivity index (χ1) is 10.4. The van der Waals surface area contributed by atoms with Crippen LogP contribution in [0.2, 0.25) is 0 Å². The molecule has 7 nitrogen and oxygen atoms in total. The Bertz CT molecular complexity index is 709. The molecule has 1 unspecified atom stereocenters. The molecule has 2 aromatic rings. The first-order valence-electron chi connectivity index (χ1n) is 6.97. The number of ether oxygens (including phenoxy) is 1. The molecule has 1 N–H and O–H groups in total. The van der Waals surface area contributed by atoms with Gasteiger partial charge in [0.05, 0.1) is 17.5 Å². The molecule has 1 heterocycles. The summed E-state index contributed by atoms with van der Waals surface area (Å²) in [5.74, 6) is 0.536. The Balaban J connectivity index is 2.18. The van der Waals surface area contributed by atoms with Crippen molar-refractivity contribution >= 4 is 16.0 Å². The van der Waals surface area contributed by atoms with Crippen LogP contribution in [0.5, 0.6) is 0 Å². The Morgan fingerprint density at radius 3 is 2.59 bits per heavy atom. The Hall–Kier alpha value is -1.93. The fourth-order valence-electron chi connectivity index (χ4n) is 2.03. The summed E-state index contributed by atoms with van der Waals surface area (Å²) in [7, 11) is -2.06. The second kappa shape index (κ2) is 6.89. The molecule has 0 aliphatic heterocycles. The monoisotopic (exact) mass is 324 g/mol. The molecule has 0 fully saturated rings.